The van der Waals surface area contributed by atoms with E-state index in [1.54, 1.807) is 0 Å². The van der Waals surface area contributed by atoms with E-state index in [0.29, 0.717) is 13.2 Å². The molecule has 0 amide bonds. The fourth-order valence-corrected chi connectivity index (χ4v) is 16.1. The maximum absolute atomic E-state index is 14.5. The molecule has 0 saturated carbocycles. The van der Waals surface area contributed by atoms with Crippen molar-refractivity contribution in [1.29, 1.82) is 0 Å². The van der Waals surface area contributed by atoms with E-state index in [2.05, 4.69) is 41.5 Å². The maximum atomic E-state index is 14.5. The molecule has 0 aromatic rings. The number of rotatable bonds is 30. The average molecular weight is 581 g/mol. The molecule has 0 spiro atoms. The van der Waals surface area contributed by atoms with Crippen molar-refractivity contribution in [2.75, 3.05) is 37.9 Å². The van der Waals surface area contributed by atoms with Crippen LogP contribution in [0.1, 0.15) is 170 Å². The zero-order chi connectivity index (χ0) is 28.5. The third kappa shape index (κ3) is 17.4. The van der Waals surface area contributed by atoms with E-state index in [4.69, 9.17) is 13.4 Å². The molecular weight excluding hydrogens is 510 g/mol. The third-order valence-corrected chi connectivity index (χ3v) is 17.6. The second kappa shape index (κ2) is 24.2. The Bertz CT molecular complexity index is 504. The first kappa shape index (κ1) is 38.5. The summed E-state index contributed by atoms with van der Waals surface area (Å²) in [6.45, 7) is 11.8. The van der Waals surface area contributed by atoms with Gasteiger partial charge in [0.15, 0.2) is 0 Å². The van der Waals surface area contributed by atoms with Gasteiger partial charge in [-0.3, -0.25) is 0 Å². The molecule has 0 heterocycles. The summed E-state index contributed by atoms with van der Waals surface area (Å²) in [6.07, 6.45) is 27.7. The van der Waals surface area contributed by atoms with Crippen LogP contribution in [-0.2, 0) is 17.9 Å². The molecule has 0 N–H and O–H groups in total. The number of hydrogen-bond donors (Lipinski definition) is 0. The summed E-state index contributed by atoms with van der Waals surface area (Å²) in [5.74, 6) is 0. The molecule has 0 radical (unpaired) electrons. The molecule has 6 heteroatoms. The topological polar surface area (TPSA) is 44.8 Å². The molecular formula is C32H70O4P2. The Morgan fingerprint density at radius 3 is 1.03 bits per heavy atom. The minimum atomic E-state index is -3.63. The van der Waals surface area contributed by atoms with Gasteiger partial charge in [-0.25, -0.2) is 0 Å². The van der Waals surface area contributed by atoms with E-state index in [9.17, 15) is 4.57 Å². The Hall–Kier alpha value is 0.540. The Morgan fingerprint density at radius 1 is 0.421 bits per heavy atom. The summed E-state index contributed by atoms with van der Waals surface area (Å²) in [4.78, 5) is 0. The van der Waals surface area contributed by atoms with Gasteiger partial charge in [0, 0.05) is 0 Å². The van der Waals surface area contributed by atoms with Crippen LogP contribution in [0, 0.1) is 0 Å². The third-order valence-electron chi connectivity index (χ3n) is 8.13. The Kier molecular flexibility index (Phi) is 24.5. The minimum absolute atomic E-state index is 0.482. The van der Waals surface area contributed by atoms with Gasteiger partial charge in [-0.05, 0) is 0 Å². The molecule has 0 saturated heterocycles. The van der Waals surface area contributed by atoms with Gasteiger partial charge >= 0.3 is 240 Å². The zero-order valence-electron chi connectivity index (χ0n) is 26.9. The SMILES string of the molecule is CCCCCCCCOP(=O)(OCCCCCCCC)OP(CCCC)(CCCC)(CCCC)CCCC. The summed E-state index contributed by atoms with van der Waals surface area (Å²) in [7, 11) is -3.63. The van der Waals surface area contributed by atoms with Crippen LogP contribution in [-0.4, -0.2) is 37.9 Å². The standard InChI is InChI=1S/C32H70O4P2/c1-7-13-19-21-23-25-27-34-37(33,35-28-26-24-22-20-14-8-2)36-38(29-15-9-3,30-16-10-4,31-17-11-5)32-18-12-6/h7-32H2,1-6H3. The van der Waals surface area contributed by atoms with Gasteiger partial charge in [0.05, 0.1) is 0 Å². The molecule has 0 rings (SSSR count). The van der Waals surface area contributed by atoms with Crippen LogP contribution < -0.4 is 0 Å². The predicted octanol–water partition coefficient (Wildman–Crippen LogP) is 12.5. The number of unbranched alkanes of at least 4 members (excludes halogenated alkanes) is 14. The number of phosphoric ester groups is 1. The number of hydrogen-bond acceptors (Lipinski definition) is 4. The van der Waals surface area contributed by atoms with Crippen molar-refractivity contribution in [1.82, 2.24) is 0 Å². The van der Waals surface area contributed by atoms with Gasteiger partial charge in [-0.1, -0.05) is 0 Å². The van der Waals surface area contributed by atoms with Crippen molar-refractivity contribution in [3.05, 3.63) is 0 Å². The van der Waals surface area contributed by atoms with Crippen molar-refractivity contribution in [2.45, 2.75) is 170 Å². The van der Waals surface area contributed by atoms with Crippen molar-refractivity contribution < 1.29 is 17.9 Å². The molecule has 0 unspecified atom stereocenters. The molecule has 0 aliphatic carbocycles. The van der Waals surface area contributed by atoms with Crippen LogP contribution in [0.15, 0.2) is 0 Å². The van der Waals surface area contributed by atoms with Crippen LogP contribution in [0.25, 0.3) is 0 Å². The normalized spacial score (nSPS) is 13.6. The summed E-state index contributed by atoms with van der Waals surface area (Å²) in [6, 6.07) is 0. The molecule has 0 fully saturated rings. The first-order chi connectivity index (χ1) is 18.4. The van der Waals surface area contributed by atoms with E-state index in [1.807, 2.05) is 0 Å². The predicted molar refractivity (Wildman–Crippen MR) is 173 cm³/mol. The average Bonchev–Trinajstić information content (AvgIpc) is 2.92. The number of phosphoric acid groups is 1. The van der Waals surface area contributed by atoms with E-state index in [-0.39, 0.29) is 0 Å². The Labute approximate surface area is 240 Å². The zero-order valence-corrected chi connectivity index (χ0v) is 28.7. The van der Waals surface area contributed by atoms with E-state index < -0.39 is 14.7 Å². The Balaban J connectivity index is 5.81. The monoisotopic (exact) mass is 580 g/mol. The van der Waals surface area contributed by atoms with Gasteiger partial charge in [-0.2, -0.15) is 0 Å². The summed E-state index contributed by atoms with van der Waals surface area (Å²) < 4.78 is 34.1. The molecule has 0 aromatic carbocycles. The molecule has 0 bridgehead atoms. The van der Waals surface area contributed by atoms with E-state index >= 15 is 0 Å². The molecule has 0 aliphatic rings. The second-order valence-electron chi connectivity index (χ2n) is 11.9. The van der Waals surface area contributed by atoms with Gasteiger partial charge < -0.3 is 0 Å². The molecule has 0 atom stereocenters. The molecule has 0 aliphatic heterocycles. The van der Waals surface area contributed by atoms with Crippen LogP contribution in [0.5, 0.6) is 0 Å². The summed E-state index contributed by atoms with van der Waals surface area (Å²) in [5, 5.41) is 0. The molecule has 4 nitrogen and oxygen atoms in total. The molecule has 38 heavy (non-hydrogen) atoms. The van der Waals surface area contributed by atoms with Crippen molar-refractivity contribution in [2.24, 2.45) is 0 Å². The summed E-state index contributed by atoms with van der Waals surface area (Å²) in [5.41, 5.74) is 0. The molecule has 232 valence electrons. The van der Waals surface area contributed by atoms with Gasteiger partial charge in [-0.15, -0.1) is 0 Å². The van der Waals surface area contributed by atoms with Crippen LogP contribution in [0.4, 0.5) is 0 Å². The van der Waals surface area contributed by atoms with E-state index in [1.165, 1.54) is 51.4 Å². The molecule has 0 aromatic heterocycles. The van der Waals surface area contributed by atoms with Crippen molar-refractivity contribution in [3.63, 3.8) is 0 Å². The van der Waals surface area contributed by atoms with Crippen LogP contribution in [0.2, 0.25) is 0 Å². The fraction of sp³-hybridized carbons (Fsp3) is 1.00. The van der Waals surface area contributed by atoms with Gasteiger partial charge in [0.25, 0.3) is 0 Å². The Morgan fingerprint density at radius 2 is 0.711 bits per heavy atom. The first-order valence-electron chi connectivity index (χ1n) is 17.0. The van der Waals surface area contributed by atoms with Crippen molar-refractivity contribution >= 4 is 14.7 Å². The fourth-order valence-electron chi connectivity index (χ4n) is 5.55. The second-order valence-corrected chi connectivity index (χ2v) is 19.5. The van der Waals surface area contributed by atoms with Crippen molar-refractivity contribution in [3.8, 4) is 0 Å². The quantitative estimate of drug-likeness (QED) is 0.0626. The van der Waals surface area contributed by atoms with E-state index in [0.717, 1.165) is 102 Å². The summed E-state index contributed by atoms with van der Waals surface area (Å²) >= 11 is 0. The first-order valence-corrected chi connectivity index (χ1v) is 21.4. The van der Waals surface area contributed by atoms with Crippen LogP contribution >= 0.6 is 14.7 Å². The van der Waals surface area contributed by atoms with Gasteiger partial charge in [0.1, 0.15) is 0 Å². The van der Waals surface area contributed by atoms with Gasteiger partial charge in [0.2, 0.25) is 0 Å². The van der Waals surface area contributed by atoms with Crippen LogP contribution in [0.3, 0.4) is 0 Å².